The highest BCUT2D eigenvalue weighted by molar-refractivity contribution is 6.18. The molecule has 0 saturated heterocycles. The van der Waals surface area contributed by atoms with E-state index in [0.29, 0.717) is 17.7 Å². The molecule has 2 aromatic carbocycles. The van der Waals surface area contributed by atoms with Crippen LogP contribution in [-0.4, -0.2) is 5.88 Å². The number of alkyl halides is 1. The first-order chi connectivity index (χ1) is 9.81. The van der Waals surface area contributed by atoms with E-state index < -0.39 is 0 Å². The molecule has 104 valence electrons. The maximum atomic E-state index is 6.45. The summed E-state index contributed by atoms with van der Waals surface area (Å²) in [7, 11) is 0. The van der Waals surface area contributed by atoms with E-state index >= 15 is 0 Å². The van der Waals surface area contributed by atoms with Crippen molar-refractivity contribution < 1.29 is 0 Å². The van der Waals surface area contributed by atoms with Crippen LogP contribution in [0.3, 0.4) is 0 Å². The molecule has 1 aliphatic rings. The molecule has 20 heavy (non-hydrogen) atoms. The molecule has 3 rings (SSSR count). The fraction of sp³-hybridized carbons (Fsp3) is 0.368. The molecule has 0 N–H and O–H groups in total. The molecule has 3 unspecified atom stereocenters. The summed E-state index contributed by atoms with van der Waals surface area (Å²) in [5, 5.41) is 0. The molecular weight excluding hydrogens is 264 g/mol. The van der Waals surface area contributed by atoms with Crippen molar-refractivity contribution in [2.24, 2.45) is 5.92 Å². The average Bonchev–Trinajstić information content (AvgIpc) is 3.32. The SMILES string of the molecule is CCC(CCl)(c1ccccc1)C1CC1c1ccccc1. The van der Waals surface area contributed by atoms with Gasteiger partial charge < -0.3 is 0 Å². The average molecular weight is 285 g/mol. The summed E-state index contributed by atoms with van der Waals surface area (Å²) >= 11 is 6.45. The summed E-state index contributed by atoms with van der Waals surface area (Å²) in [5.41, 5.74) is 3.00. The molecule has 0 spiro atoms. The van der Waals surface area contributed by atoms with Crippen LogP contribution >= 0.6 is 11.6 Å². The van der Waals surface area contributed by atoms with Crippen LogP contribution in [0.2, 0.25) is 0 Å². The lowest BCUT2D eigenvalue weighted by Crippen LogP contribution is -2.30. The van der Waals surface area contributed by atoms with Gasteiger partial charge in [-0.1, -0.05) is 67.6 Å². The van der Waals surface area contributed by atoms with Gasteiger partial charge in [0.25, 0.3) is 0 Å². The molecule has 0 amide bonds. The smallest absolute Gasteiger partial charge is 0.0323 e. The highest BCUT2D eigenvalue weighted by atomic mass is 35.5. The quantitative estimate of drug-likeness (QED) is 0.647. The number of hydrogen-bond acceptors (Lipinski definition) is 0. The van der Waals surface area contributed by atoms with E-state index in [1.165, 1.54) is 17.5 Å². The van der Waals surface area contributed by atoms with Crippen LogP contribution in [0.25, 0.3) is 0 Å². The largest absolute Gasteiger partial charge is 0.126 e. The van der Waals surface area contributed by atoms with Crippen molar-refractivity contribution in [3.8, 4) is 0 Å². The zero-order chi connectivity index (χ0) is 14.0. The number of hydrogen-bond donors (Lipinski definition) is 0. The first-order valence-electron chi connectivity index (χ1n) is 7.48. The normalized spacial score (nSPS) is 24.1. The molecule has 1 aliphatic carbocycles. The molecule has 0 nitrogen and oxygen atoms in total. The van der Waals surface area contributed by atoms with E-state index in [-0.39, 0.29) is 5.41 Å². The molecule has 0 heterocycles. The Morgan fingerprint density at radius 3 is 2.15 bits per heavy atom. The predicted molar refractivity (Wildman–Crippen MR) is 86.4 cm³/mol. The minimum absolute atomic E-state index is 0.128. The van der Waals surface area contributed by atoms with Crippen LogP contribution in [0, 0.1) is 5.92 Å². The van der Waals surface area contributed by atoms with Crippen LogP contribution in [0.5, 0.6) is 0 Å². The van der Waals surface area contributed by atoms with Crippen molar-refractivity contribution in [2.45, 2.75) is 31.1 Å². The summed E-state index contributed by atoms with van der Waals surface area (Å²) in [6.07, 6.45) is 2.37. The maximum absolute atomic E-state index is 6.45. The summed E-state index contributed by atoms with van der Waals surface area (Å²) in [5.74, 6) is 2.06. The van der Waals surface area contributed by atoms with Crippen molar-refractivity contribution in [3.05, 3.63) is 71.8 Å². The monoisotopic (exact) mass is 284 g/mol. The van der Waals surface area contributed by atoms with Gasteiger partial charge in [-0.2, -0.15) is 0 Å². The van der Waals surface area contributed by atoms with E-state index in [1.54, 1.807) is 0 Å². The second kappa shape index (κ2) is 5.61. The lowest BCUT2D eigenvalue weighted by atomic mass is 9.74. The lowest BCUT2D eigenvalue weighted by molar-refractivity contribution is 0.392. The van der Waals surface area contributed by atoms with E-state index in [0.717, 1.165) is 6.42 Å². The van der Waals surface area contributed by atoms with Crippen molar-refractivity contribution in [1.29, 1.82) is 0 Å². The third kappa shape index (κ3) is 2.27. The Kier molecular flexibility index (Phi) is 3.85. The minimum Gasteiger partial charge on any atom is -0.126 e. The summed E-state index contributed by atoms with van der Waals surface area (Å²) in [6.45, 7) is 2.27. The Balaban J connectivity index is 1.90. The van der Waals surface area contributed by atoms with E-state index in [1.807, 2.05) is 0 Å². The lowest BCUT2D eigenvalue weighted by Gasteiger charge is -2.32. The molecule has 0 radical (unpaired) electrons. The van der Waals surface area contributed by atoms with Crippen LogP contribution in [0.1, 0.15) is 36.8 Å². The summed E-state index contributed by atoms with van der Waals surface area (Å²) in [4.78, 5) is 0. The van der Waals surface area contributed by atoms with E-state index in [4.69, 9.17) is 11.6 Å². The predicted octanol–water partition coefficient (Wildman–Crippen LogP) is 5.38. The molecule has 0 aromatic heterocycles. The van der Waals surface area contributed by atoms with E-state index in [9.17, 15) is 0 Å². The molecular formula is C19H21Cl. The fourth-order valence-corrected chi connectivity index (χ4v) is 4.14. The van der Waals surface area contributed by atoms with Gasteiger partial charge in [-0.3, -0.25) is 0 Å². The van der Waals surface area contributed by atoms with E-state index in [2.05, 4.69) is 67.6 Å². The number of rotatable bonds is 5. The van der Waals surface area contributed by atoms with Gasteiger partial charge in [0.1, 0.15) is 0 Å². The van der Waals surface area contributed by atoms with Gasteiger partial charge in [-0.15, -0.1) is 11.6 Å². The zero-order valence-corrected chi connectivity index (χ0v) is 12.7. The molecule has 0 bridgehead atoms. The Bertz CT molecular complexity index is 542. The van der Waals surface area contributed by atoms with Crippen molar-refractivity contribution in [3.63, 3.8) is 0 Å². The topological polar surface area (TPSA) is 0 Å². The van der Waals surface area contributed by atoms with Crippen LogP contribution in [-0.2, 0) is 5.41 Å². The standard InChI is InChI=1S/C19H21Cl/c1-2-19(14-20,16-11-7-4-8-12-16)18-13-17(18)15-9-5-3-6-10-15/h3-12,17-18H,2,13-14H2,1H3. The minimum atomic E-state index is 0.128. The Labute approximate surface area is 126 Å². The highest BCUT2D eigenvalue weighted by Crippen LogP contribution is 2.59. The molecule has 2 aromatic rings. The zero-order valence-electron chi connectivity index (χ0n) is 11.9. The second-order valence-electron chi connectivity index (χ2n) is 5.87. The molecule has 3 atom stereocenters. The third-order valence-corrected chi connectivity index (χ3v) is 5.42. The molecule has 0 aliphatic heterocycles. The first kappa shape index (κ1) is 13.7. The van der Waals surface area contributed by atoms with Crippen LogP contribution in [0.15, 0.2) is 60.7 Å². The second-order valence-corrected chi connectivity index (χ2v) is 6.14. The first-order valence-corrected chi connectivity index (χ1v) is 8.01. The Morgan fingerprint density at radius 2 is 1.60 bits per heavy atom. The van der Waals surface area contributed by atoms with Crippen molar-refractivity contribution >= 4 is 11.6 Å². The molecule has 1 heteroatoms. The van der Waals surface area contributed by atoms with Gasteiger partial charge in [0.2, 0.25) is 0 Å². The van der Waals surface area contributed by atoms with Crippen LogP contribution < -0.4 is 0 Å². The molecule has 1 fully saturated rings. The van der Waals surface area contributed by atoms with Gasteiger partial charge in [-0.05, 0) is 35.8 Å². The number of benzene rings is 2. The highest BCUT2D eigenvalue weighted by Gasteiger charge is 2.52. The maximum Gasteiger partial charge on any atom is 0.0323 e. The van der Waals surface area contributed by atoms with Gasteiger partial charge >= 0.3 is 0 Å². The van der Waals surface area contributed by atoms with Gasteiger partial charge in [0, 0.05) is 11.3 Å². The summed E-state index contributed by atoms with van der Waals surface area (Å²) in [6, 6.07) is 21.7. The fourth-order valence-electron chi connectivity index (χ4n) is 3.60. The Hall–Kier alpha value is -1.27. The third-order valence-electron chi connectivity index (χ3n) is 4.95. The summed E-state index contributed by atoms with van der Waals surface area (Å²) < 4.78 is 0. The molecule has 1 saturated carbocycles. The van der Waals surface area contributed by atoms with Gasteiger partial charge in [0.05, 0.1) is 0 Å². The van der Waals surface area contributed by atoms with Gasteiger partial charge in [0.15, 0.2) is 0 Å². The van der Waals surface area contributed by atoms with Crippen LogP contribution in [0.4, 0.5) is 0 Å². The Morgan fingerprint density at radius 1 is 1.00 bits per heavy atom. The van der Waals surface area contributed by atoms with Crippen molar-refractivity contribution in [2.75, 3.05) is 5.88 Å². The number of halogens is 1. The van der Waals surface area contributed by atoms with Crippen molar-refractivity contribution in [1.82, 2.24) is 0 Å². The van der Waals surface area contributed by atoms with Gasteiger partial charge in [-0.25, -0.2) is 0 Å².